The van der Waals surface area contributed by atoms with Gasteiger partial charge in [-0.1, -0.05) is 232 Å². The van der Waals surface area contributed by atoms with Crippen LogP contribution >= 0.6 is 7.82 Å². The molecule has 0 fully saturated rings. The third-order valence-corrected chi connectivity index (χ3v) is 12.7. The van der Waals surface area contributed by atoms with Gasteiger partial charge < -0.3 is 28.8 Å². The highest BCUT2D eigenvalue weighted by molar-refractivity contribution is 7.45. The van der Waals surface area contributed by atoms with E-state index in [1.165, 1.54) is 83.5 Å². The van der Waals surface area contributed by atoms with E-state index in [2.05, 4.69) is 129 Å². The van der Waals surface area contributed by atoms with Crippen LogP contribution in [-0.2, 0) is 18.4 Å². The number of hydrogen-bond acceptors (Lipinski definition) is 6. The molecule has 2 N–H and O–H groups in total. The van der Waals surface area contributed by atoms with Crippen LogP contribution in [0.25, 0.3) is 0 Å². The number of phosphoric ester groups is 1. The van der Waals surface area contributed by atoms with Crippen molar-refractivity contribution in [3.63, 3.8) is 0 Å². The molecule has 0 aliphatic carbocycles. The zero-order valence-electron chi connectivity index (χ0n) is 45.0. The van der Waals surface area contributed by atoms with E-state index in [1.807, 2.05) is 21.1 Å². The Bertz CT molecular complexity index is 1490. The molecular weight excluding hydrogens is 876 g/mol. The zero-order valence-corrected chi connectivity index (χ0v) is 45.9. The summed E-state index contributed by atoms with van der Waals surface area (Å²) in [7, 11) is 1.28. The Morgan fingerprint density at radius 1 is 0.522 bits per heavy atom. The van der Waals surface area contributed by atoms with Gasteiger partial charge in [0.25, 0.3) is 7.82 Å². The fraction of sp³-hybridized carbons (Fsp3) is 0.683. The van der Waals surface area contributed by atoms with Crippen LogP contribution in [0.5, 0.6) is 0 Å². The maximum Gasteiger partial charge on any atom is 0.268 e. The molecule has 3 unspecified atom stereocenters. The van der Waals surface area contributed by atoms with Crippen molar-refractivity contribution < 1.29 is 32.9 Å². The average molecular weight is 981 g/mol. The molecule has 0 radical (unpaired) electrons. The highest BCUT2D eigenvalue weighted by atomic mass is 31.2. The molecule has 3 atom stereocenters. The maximum atomic E-state index is 12.9. The number of rotatable bonds is 49. The van der Waals surface area contributed by atoms with Gasteiger partial charge in [0.1, 0.15) is 13.2 Å². The molecule has 69 heavy (non-hydrogen) atoms. The Hall–Kier alpha value is -2.84. The largest absolute Gasteiger partial charge is 0.756 e. The van der Waals surface area contributed by atoms with E-state index in [4.69, 9.17) is 9.05 Å². The van der Waals surface area contributed by atoms with Crippen molar-refractivity contribution in [3.8, 4) is 0 Å². The molecule has 0 aliphatic rings. The number of aliphatic hydroxyl groups is 1. The quantitative estimate of drug-likeness (QED) is 0.0272. The van der Waals surface area contributed by atoms with Crippen molar-refractivity contribution in [3.05, 3.63) is 109 Å². The van der Waals surface area contributed by atoms with E-state index in [-0.39, 0.29) is 19.1 Å². The number of quaternary nitrogens is 1. The highest BCUT2D eigenvalue weighted by Crippen LogP contribution is 2.38. The highest BCUT2D eigenvalue weighted by Gasteiger charge is 2.24. The molecule has 0 rings (SSSR count). The van der Waals surface area contributed by atoms with Crippen molar-refractivity contribution in [2.75, 3.05) is 40.9 Å². The normalized spacial score (nSPS) is 14.8. The number of aliphatic hydroxyl groups excluding tert-OH is 1. The molecule has 396 valence electrons. The number of carbonyl (C=O) groups is 1. The summed E-state index contributed by atoms with van der Waals surface area (Å²) >= 11 is 0. The minimum absolute atomic E-state index is 0.00583. The minimum Gasteiger partial charge on any atom is -0.756 e. The van der Waals surface area contributed by atoms with Gasteiger partial charge in [-0.3, -0.25) is 9.36 Å². The lowest BCUT2D eigenvalue weighted by atomic mass is 10.0. The predicted octanol–water partition coefficient (Wildman–Crippen LogP) is 16.2. The molecule has 0 aliphatic heterocycles. The molecule has 1 amide bonds. The second-order valence-corrected chi connectivity index (χ2v) is 21.0. The average Bonchev–Trinajstić information content (AvgIpc) is 3.31. The molecule has 0 heterocycles. The topological polar surface area (TPSA) is 108 Å². The van der Waals surface area contributed by atoms with E-state index in [1.54, 1.807) is 0 Å². The first-order valence-corrected chi connectivity index (χ1v) is 29.2. The summed E-state index contributed by atoms with van der Waals surface area (Å²) in [6, 6.07) is -0.809. The number of phosphoric acid groups is 1. The van der Waals surface area contributed by atoms with E-state index in [0.717, 1.165) is 103 Å². The zero-order chi connectivity index (χ0) is 50.6. The Labute approximate surface area is 425 Å². The molecule has 0 spiro atoms. The number of amides is 1. The molecule has 0 saturated heterocycles. The van der Waals surface area contributed by atoms with Crippen LogP contribution in [0.4, 0.5) is 0 Å². The van der Waals surface area contributed by atoms with Crippen LogP contribution in [0.1, 0.15) is 213 Å². The number of allylic oxidation sites excluding steroid dienone is 18. The van der Waals surface area contributed by atoms with E-state index < -0.39 is 20.0 Å². The summed E-state index contributed by atoms with van der Waals surface area (Å²) in [5.74, 6) is -0.178. The van der Waals surface area contributed by atoms with Crippen molar-refractivity contribution in [2.45, 2.75) is 225 Å². The van der Waals surface area contributed by atoms with Crippen LogP contribution in [0.15, 0.2) is 109 Å². The lowest BCUT2D eigenvalue weighted by Gasteiger charge is -2.30. The molecule has 0 aromatic rings. The molecule has 8 nitrogen and oxygen atoms in total. The Morgan fingerprint density at radius 3 is 1.29 bits per heavy atom. The third kappa shape index (κ3) is 52.8. The van der Waals surface area contributed by atoms with Gasteiger partial charge in [-0.2, -0.15) is 0 Å². The van der Waals surface area contributed by atoms with Gasteiger partial charge in [-0.25, -0.2) is 0 Å². The summed E-state index contributed by atoms with van der Waals surface area (Å²) in [4.78, 5) is 25.4. The predicted molar refractivity (Wildman–Crippen MR) is 297 cm³/mol. The van der Waals surface area contributed by atoms with Crippen LogP contribution in [0.2, 0.25) is 0 Å². The summed E-state index contributed by atoms with van der Waals surface area (Å²) < 4.78 is 23.3. The van der Waals surface area contributed by atoms with Crippen LogP contribution in [0.3, 0.4) is 0 Å². The molecule has 0 aromatic carbocycles. The Kier molecular flexibility index (Phi) is 48.1. The number of carbonyl (C=O) groups excluding carboxylic acids is 1. The van der Waals surface area contributed by atoms with E-state index >= 15 is 0 Å². The maximum absolute atomic E-state index is 12.9. The number of likely N-dealkylation sites (N-methyl/N-ethyl adjacent to an activating group) is 1. The minimum atomic E-state index is -4.57. The van der Waals surface area contributed by atoms with Crippen LogP contribution in [-0.4, -0.2) is 68.5 Å². The Morgan fingerprint density at radius 2 is 0.884 bits per heavy atom. The van der Waals surface area contributed by atoms with Gasteiger partial charge in [-0.05, 0) is 83.5 Å². The first-order valence-electron chi connectivity index (χ1n) is 27.7. The lowest BCUT2D eigenvalue weighted by molar-refractivity contribution is -0.870. The lowest BCUT2D eigenvalue weighted by Crippen LogP contribution is -2.46. The molecule has 0 saturated carbocycles. The molecule has 0 bridgehead atoms. The molecule has 0 aromatic heterocycles. The SMILES string of the molecule is CC/C=C\C/C=C\C/C=C\C/C=C\C/C=C\C/C=C\C/C=C\C/C=C\C/C=C\CCCCCCCCCCCC(=O)NC(COP(=O)([O-])OCC[N+](C)(C)C)C(O)CCCCCCCCCCCC. The van der Waals surface area contributed by atoms with Gasteiger partial charge in [-0.15, -0.1) is 0 Å². The number of nitrogens with zero attached hydrogens (tertiary/aromatic N) is 1. The molecule has 9 heteroatoms. The second-order valence-electron chi connectivity index (χ2n) is 19.6. The summed E-state index contributed by atoms with van der Waals surface area (Å²) in [5.41, 5.74) is 0. The number of unbranched alkanes of at least 4 members (excludes halogenated alkanes) is 18. The molecular formula is C60H105N2O6P. The smallest absolute Gasteiger partial charge is 0.268 e. The fourth-order valence-electron chi connectivity index (χ4n) is 7.44. The van der Waals surface area contributed by atoms with Crippen LogP contribution in [0, 0.1) is 0 Å². The first kappa shape index (κ1) is 66.2. The van der Waals surface area contributed by atoms with Crippen molar-refractivity contribution in [1.82, 2.24) is 5.32 Å². The Balaban J connectivity index is 4.06. The van der Waals surface area contributed by atoms with Gasteiger partial charge >= 0.3 is 0 Å². The first-order chi connectivity index (χ1) is 33.5. The monoisotopic (exact) mass is 981 g/mol. The van der Waals surface area contributed by atoms with Crippen LogP contribution < -0.4 is 10.2 Å². The summed E-state index contributed by atoms with van der Waals surface area (Å²) in [6.45, 7) is 4.57. The van der Waals surface area contributed by atoms with E-state index in [9.17, 15) is 19.4 Å². The van der Waals surface area contributed by atoms with Gasteiger partial charge in [0.05, 0.1) is 39.9 Å². The van der Waals surface area contributed by atoms with Gasteiger partial charge in [0.2, 0.25) is 5.91 Å². The van der Waals surface area contributed by atoms with E-state index in [0.29, 0.717) is 23.9 Å². The van der Waals surface area contributed by atoms with Crippen molar-refractivity contribution in [2.24, 2.45) is 0 Å². The van der Waals surface area contributed by atoms with Crippen molar-refractivity contribution in [1.29, 1.82) is 0 Å². The van der Waals surface area contributed by atoms with Crippen molar-refractivity contribution >= 4 is 13.7 Å². The second kappa shape index (κ2) is 50.1. The fourth-order valence-corrected chi connectivity index (χ4v) is 8.17. The van der Waals surface area contributed by atoms with Gasteiger partial charge in [0, 0.05) is 6.42 Å². The van der Waals surface area contributed by atoms with Gasteiger partial charge in [0.15, 0.2) is 0 Å². The third-order valence-electron chi connectivity index (χ3n) is 11.8. The number of nitrogens with one attached hydrogen (secondary N) is 1. The number of hydrogen-bond donors (Lipinski definition) is 2. The summed E-state index contributed by atoms with van der Waals surface area (Å²) in [5, 5.41) is 13.9. The standard InChI is InChI=1S/C60H105N2O6P/c1-6-8-10-12-14-16-18-19-20-21-22-23-24-25-26-27-28-29-30-31-32-33-34-35-36-37-38-39-40-41-42-43-44-46-48-50-52-54-60(64)61-58(57-68-69(65,66)67-56-55-62(3,4)5)59(63)53-51-49-47-45-17-15-13-11-9-7-2/h8,10,14,16,19-20,22-23,25-26,28-29,31-32,34-35,37-38,58-59,63H,6-7,9,11-13,15,17-18,21,24,27,30,33,36,39-57H2,1-5H3,(H-,61,64,65,66)/b10-8-,16-14-,20-19-,23-22-,26-25-,29-28-,32-31-,35-34-,38-37-. The summed E-state index contributed by atoms with van der Waals surface area (Å²) in [6.07, 6.45) is 72.7.